The Morgan fingerprint density at radius 3 is 2.23 bits per heavy atom. The van der Waals surface area contributed by atoms with Crippen LogP contribution in [0, 0.1) is 23.2 Å². The lowest BCUT2D eigenvalue weighted by Gasteiger charge is -2.25. The lowest BCUT2D eigenvalue weighted by atomic mass is 9.78. The van der Waals surface area contributed by atoms with Gasteiger partial charge in [0.2, 0.25) is 11.8 Å². The molecule has 4 nitrogen and oxygen atoms in total. The molecule has 1 aliphatic rings. The molecule has 0 saturated carbocycles. The topological polar surface area (TPSA) is 54.5 Å². The van der Waals surface area contributed by atoms with E-state index in [-0.39, 0.29) is 40.8 Å². The number of hydrogen-bond donors (Lipinski definition) is 0. The number of nitrogens with zero attached hydrogens (tertiary/aromatic N) is 1. The number of unbranched alkanes of at least 4 members (excludes halogenated alkanes) is 1. The van der Waals surface area contributed by atoms with Gasteiger partial charge in [-0.25, -0.2) is 0 Å². The fourth-order valence-corrected chi connectivity index (χ4v) is 3.21. The summed E-state index contributed by atoms with van der Waals surface area (Å²) in [7, 11) is 0. The summed E-state index contributed by atoms with van der Waals surface area (Å²) < 4.78 is 0. The van der Waals surface area contributed by atoms with Crippen LogP contribution in [-0.2, 0) is 14.4 Å². The van der Waals surface area contributed by atoms with Crippen LogP contribution in [0.1, 0.15) is 67.2 Å². The summed E-state index contributed by atoms with van der Waals surface area (Å²) in [5, 5.41) is 0. The molecule has 0 aliphatic carbocycles. The van der Waals surface area contributed by atoms with Crippen molar-refractivity contribution in [2.75, 3.05) is 6.54 Å². The van der Waals surface area contributed by atoms with Gasteiger partial charge in [0.1, 0.15) is 5.78 Å². The Hall–Kier alpha value is -1.19. The smallest absolute Gasteiger partial charge is 0.233 e. The Balaban J connectivity index is 2.44. The van der Waals surface area contributed by atoms with Crippen LogP contribution in [0.3, 0.4) is 0 Å². The number of ketones is 1. The summed E-state index contributed by atoms with van der Waals surface area (Å²) in [5.74, 6) is 0.332. The van der Waals surface area contributed by atoms with Crippen LogP contribution in [0.5, 0.6) is 0 Å². The van der Waals surface area contributed by atoms with Gasteiger partial charge in [0.25, 0.3) is 0 Å². The van der Waals surface area contributed by atoms with Gasteiger partial charge in [0, 0.05) is 30.2 Å². The van der Waals surface area contributed by atoms with Crippen LogP contribution in [0.2, 0.25) is 0 Å². The number of amides is 2. The summed E-state index contributed by atoms with van der Waals surface area (Å²) in [6, 6.07) is 0. The predicted octanol–water partition coefficient (Wildman–Crippen LogP) is 3.44. The molecule has 0 spiro atoms. The number of rotatable bonds is 8. The van der Waals surface area contributed by atoms with E-state index in [1.807, 2.05) is 41.5 Å². The van der Waals surface area contributed by atoms with Crippen LogP contribution < -0.4 is 0 Å². The minimum absolute atomic E-state index is 0.0162. The maximum absolute atomic E-state index is 12.2. The number of carbonyl (C=O) groups is 3. The molecule has 4 heteroatoms. The van der Waals surface area contributed by atoms with E-state index in [9.17, 15) is 14.4 Å². The number of imide groups is 1. The second-order valence-electron chi connectivity index (χ2n) is 7.80. The summed E-state index contributed by atoms with van der Waals surface area (Å²) in [4.78, 5) is 37.7. The second-order valence-corrected chi connectivity index (χ2v) is 7.80. The minimum Gasteiger partial charge on any atom is -0.299 e. The lowest BCUT2D eigenvalue weighted by Crippen LogP contribution is -2.33. The van der Waals surface area contributed by atoms with E-state index in [1.54, 1.807) is 0 Å². The second kappa shape index (κ2) is 7.38. The Morgan fingerprint density at radius 1 is 1.18 bits per heavy atom. The van der Waals surface area contributed by atoms with Gasteiger partial charge in [-0.15, -0.1) is 0 Å². The molecule has 1 fully saturated rings. The number of carbonyl (C=O) groups excluding carboxylic acids is 3. The lowest BCUT2D eigenvalue weighted by molar-refractivity contribution is -0.140. The molecule has 0 radical (unpaired) electrons. The fourth-order valence-electron chi connectivity index (χ4n) is 3.21. The molecule has 1 saturated heterocycles. The van der Waals surface area contributed by atoms with E-state index in [1.165, 1.54) is 4.90 Å². The molecule has 1 rings (SSSR count). The third-order valence-electron chi connectivity index (χ3n) is 4.71. The molecule has 2 amide bonds. The van der Waals surface area contributed by atoms with Crippen molar-refractivity contribution >= 4 is 17.6 Å². The van der Waals surface area contributed by atoms with E-state index >= 15 is 0 Å². The molecule has 1 atom stereocenters. The molecular formula is C18H31NO3. The average molecular weight is 309 g/mol. The Labute approximate surface area is 134 Å². The van der Waals surface area contributed by atoms with Gasteiger partial charge in [-0.05, 0) is 18.8 Å². The fraction of sp³-hybridized carbons (Fsp3) is 0.833. The average Bonchev–Trinajstić information content (AvgIpc) is 2.69. The van der Waals surface area contributed by atoms with Gasteiger partial charge in [-0.2, -0.15) is 0 Å². The monoisotopic (exact) mass is 309 g/mol. The molecule has 0 bridgehead atoms. The number of Topliss-reactive ketones (excluding diaryl/α,β-unsaturated/α-hetero) is 1. The molecule has 0 N–H and O–H groups in total. The highest BCUT2D eigenvalue weighted by Crippen LogP contribution is 2.29. The largest absolute Gasteiger partial charge is 0.299 e. The first kappa shape index (κ1) is 18.9. The van der Waals surface area contributed by atoms with E-state index in [0.29, 0.717) is 13.0 Å². The first-order valence-corrected chi connectivity index (χ1v) is 8.46. The first-order valence-electron chi connectivity index (χ1n) is 8.46. The van der Waals surface area contributed by atoms with Gasteiger partial charge >= 0.3 is 0 Å². The maximum Gasteiger partial charge on any atom is 0.233 e. The standard InChI is InChI=1S/C18H31NO3/c1-12(2)14-11-15(20)19(17(14)22)10-8-7-9-18(5,6)16(21)13(3)4/h12-14H,7-11H2,1-6H3. The molecule has 0 aromatic rings. The van der Waals surface area contributed by atoms with Crippen molar-refractivity contribution in [1.82, 2.24) is 4.90 Å². The zero-order chi connectivity index (χ0) is 17.1. The van der Waals surface area contributed by atoms with Crippen LogP contribution in [-0.4, -0.2) is 29.0 Å². The van der Waals surface area contributed by atoms with Gasteiger partial charge in [0.15, 0.2) is 0 Å². The van der Waals surface area contributed by atoms with Crippen molar-refractivity contribution in [1.29, 1.82) is 0 Å². The van der Waals surface area contributed by atoms with Crippen LogP contribution >= 0.6 is 0 Å². The minimum atomic E-state index is -0.326. The molecule has 1 unspecified atom stereocenters. The van der Waals surface area contributed by atoms with Crippen molar-refractivity contribution in [2.24, 2.45) is 23.2 Å². The van der Waals surface area contributed by atoms with Crippen molar-refractivity contribution < 1.29 is 14.4 Å². The third-order valence-corrected chi connectivity index (χ3v) is 4.71. The maximum atomic E-state index is 12.2. The molecule has 22 heavy (non-hydrogen) atoms. The third kappa shape index (κ3) is 4.40. The van der Waals surface area contributed by atoms with Crippen molar-refractivity contribution in [3.05, 3.63) is 0 Å². The van der Waals surface area contributed by atoms with Crippen LogP contribution in [0.15, 0.2) is 0 Å². The van der Waals surface area contributed by atoms with Gasteiger partial charge < -0.3 is 0 Å². The highest BCUT2D eigenvalue weighted by molar-refractivity contribution is 6.03. The summed E-state index contributed by atoms with van der Waals surface area (Å²) in [5.41, 5.74) is -0.326. The predicted molar refractivity (Wildman–Crippen MR) is 87.1 cm³/mol. The Bertz CT molecular complexity index is 438. The quantitative estimate of drug-likeness (QED) is 0.510. The normalized spacial score (nSPS) is 19.6. The SMILES string of the molecule is CC(C)C(=O)C(C)(C)CCCCN1C(=O)CC(C(C)C)C1=O. The molecular weight excluding hydrogens is 278 g/mol. The van der Waals surface area contributed by atoms with Crippen molar-refractivity contribution in [3.8, 4) is 0 Å². The van der Waals surface area contributed by atoms with Crippen molar-refractivity contribution in [3.63, 3.8) is 0 Å². The summed E-state index contributed by atoms with van der Waals surface area (Å²) in [6.07, 6.45) is 2.79. The molecule has 0 aromatic heterocycles. The number of hydrogen-bond acceptors (Lipinski definition) is 3. The van der Waals surface area contributed by atoms with Crippen LogP contribution in [0.25, 0.3) is 0 Å². The molecule has 0 aromatic carbocycles. The highest BCUT2D eigenvalue weighted by atomic mass is 16.2. The first-order chi connectivity index (χ1) is 10.1. The van der Waals surface area contributed by atoms with Gasteiger partial charge in [0.05, 0.1) is 0 Å². The molecule has 1 aliphatic heterocycles. The highest BCUT2D eigenvalue weighted by Gasteiger charge is 2.39. The Morgan fingerprint density at radius 2 is 1.77 bits per heavy atom. The van der Waals surface area contributed by atoms with Crippen LogP contribution in [0.4, 0.5) is 0 Å². The van der Waals surface area contributed by atoms with Gasteiger partial charge in [-0.3, -0.25) is 19.3 Å². The van der Waals surface area contributed by atoms with Crippen molar-refractivity contribution in [2.45, 2.75) is 67.2 Å². The van der Waals surface area contributed by atoms with E-state index in [0.717, 1.165) is 19.3 Å². The molecule has 126 valence electrons. The Kier molecular flexibility index (Phi) is 6.33. The zero-order valence-corrected chi connectivity index (χ0v) is 14.9. The summed E-state index contributed by atoms with van der Waals surface area (Å²) >= 11 is 0. The van der Waals surface area contributed by atoms with Gasteiger partial charge in [-0.1, -0.05) is 48.0 Å². The van der Waals surface area contributed by atoms with E-state index in [2.05, 4.69) is 0 Å². The van der Waals surface area contributed by atoms with E-state index in [4.69, 9.17) is 0 Å². The number of likely N-dealkylation sites (tertiary alicyclic amines) is 1. The van der Waals surface area contributed by atoms with E-state index < -0.39 is 0 Å². The zero-order valence-electron chi connectivity index (χ0n) is 14.9. The molecule has 1 heterocycles. The summed E-state index contributed by atoms with van der Waals surface area (Å²) in [6.45, 7) is 12.3.